The maximum Gasteiger partial charge on any atom is 0.242 e. The summed E-state index contributed by atoms with van der Waals surface area (Å²) in [7, 11) is 0. The fourth-order valence-corrected chi connectivity index (χ4v) is 1.96. The van der Waals surface area contributed by atoms with Crippen LogP contribution in [0.2, 0.25) is 0 Å². The van der Waals surface area contributed by atoms with Gasteiger partial charge in [-0.15, -0.1) is 11.3 Å². The molecule has 2 rings (SSSR count). The lowest BCUT2D eigenvalue weighted by Gasteiger charge is -2.17. The molecule has 1 aromatic rings. The highest BCUT2D eigenvalue weighted by Gasteiger charge is 2.20. The van der Waals surface area contributed by atoms with Crippen molar-refractivity contribution in [1.29, 1.82) is 0 Å². The summed E-state index contributed by atoms with van der Waals surface area (Å²) >= 11 is 1.50. The van der Waals surface area contributed by atoms with E-state index in [-0.39, 0.29) is 18.4 Å². The molecule has 1 N–H and O–H groups in total. The van der Waals surface area contributed by atoms with E-state index in [4.69, 9.17) is 0 Å². The zero-order valence-electron chi connectivity index (χ0n) is 8.10. The molecule has 15 heavy (non-hydrogen) atoms. The van der Waals surface area contributed by atoms with E-state index in [1.54, 1.807) is 10.4 Å². The summed E-state index contributed by atoms with van der Waals surface area (Å²) in [5, 5.41) is 4.47. The average Bonchev–Trinajstić information content (AvgIpc) is 2.67. The predicted molar refractivity (Wildman–Crippen MR) is 55.2 cm³/mol. The molecule has 0 aromatic carbocycles. The molecule has 0 spiro atoms. The predicted octanol–water partition coefficient (Wildman–Crippen LogP) is -0.00840. The van der Waals surface area contributed by atoms with Crippen LogP contribution in [-0.2, 0) is 16.1 Å². The van der Waals surface area contributed by atoms with Crippen molar-refractivity contribution >= 4 is 23.2 Å². The summed E-state index contributed by atoms with van der Waals surface area (Å²) in [6.07, 6.45) is 0.371. The van der Waals surface area contributed by atoms with E-state index in [0.717, 1.165) is 5.69 Å². The lowest BCUT2D eigenvalue weighted by Crippen LogP contribution is -2.34. The molecule has 1 aliphatic heterocycles. The van der Waals surface area contributed by atoms with E-state index < -0.39 is 0 Å². The first-order chi connectivity index (χ1) is 7.25. The minimum atomic E-state index is -0.0656. The van der Waals surface area contributed by atoms with Crippen LogP contribution >= 0.6 is 11.3 Å². The number of hydrogen-bond donors (Lipinski definition) is 1. The summed E-state index contributed by atoms with van der Waals surface area (Å²) in [5.74, 6) is -0.113. The average molecular weight is 225 g/mol. The molecule has 5 nitrogen and oxygen atoms in total. The second-order valence-corrected chi connectivity index (χ2v) is 4.04. The number of hydrogen-bond acceptors (Lipinski definition) is 4. The third-order valence-electron chi connectivity index (χ3n) is 2.23. The van der Waals surface area contributed by atoms with Crippen molar-refractivity contribution in [3.8, 4) is 0 Å². The summed E-state index contributed by atoms with van der Waals surface area (Å²) < 4.78 is 0. The van der Waals surface area contributed by atoms with Gasteiger partial charge in [0.25, 0.3) is 0 Å². The van der Waals surface area contributed by atoms with Crippen molar-refractivity contribution in [2.75, 3.05) is 13.1 Å². The number of rotatable bonds is 2. The second-order valence-electron chi connectivity index (χ2n) is 3.32. The summed E-state index contributed by atoms with van der Waals surface area (Å²) in [6.45, 7) is 1.07. The SMILES string of the molecule is O=C1CCN(Cc2cscn2)C(=O)CN1. The van der Waals surface area contributed by atoms with Crippen LogP contribution in [0.15, 0.2) is 10.9 Å². The van der Waals surface area contributed by atoms with Crippen molar-refractivity contribution in [2.24, 2.45) is 0 Å². The molecule has 0 aliphatic carbocycles. The van der Waals surface area contributed by atoms with Crippen molar-refractivity contribution in [3.63, 3.8) is 0 Å². The Morgan fingerprint density at radius 1 is 1.53 bits per heavy atom. The Balaban J connectivity index is 2.01. The van der Waals surface area contributed by atoms with Gasteiger partial charge in [-0.1, -0.05) is 0 Å². The Kier molecular flexibility index (Phi) is 2.96. The number of nitrogens with one attached hydrogen (secondary N) is 1. The van der Waals surface area contributed by atoms with Gasteiger partial charge in [0, 0.05) is 18.3 Å². The molecule has 2 heterocycles. The molecular formula is C9H11N3O2S. The van der Waals surface area contributed by atoms with Gasteiger partial charge in [0.05, 0.1) is 24.3 Å². The van der Waals surface area contributed by atoms with Gasteiger partial charge in [0.2, 0.25) is 11.8 Å². The zero-order valence-corrected chi connectivity index (χ0v) is 8.92. The first-order valence-corrected chi connectivity index (χ1v) is 5.61. The van der Waals surface area contributed by atoms with E-state index in [9.17, 15) is 9.59 Å². The van der Waals surface area contributed by atoms with E-state index in [1.165, 1.54) is 11.3 Å². The number of thiazole rings is 1. The molecule has 80 valence electrons. The number of carbonyl (C=O) groups excluding carboxylic acids is 2. The van der Waals surface area contributed by atoms with Gasteiger partial charge in [-0.05, 0) is 0 Å². The van der Waals surface area contributed by atoms with Crippen LogP contribution in [0, 0.1) is 0 Å². The normalized spacial score (nSPS) is 17.5. The molecule has 0 radical (unpaired) electrons. The van der Waals surface area contributed by atoms with E-state index in [1.807, 2.05) is 5.38 Å². The molecule has 0 atom stereocenters. The van der Waals surface area contributed by atoms with Gasteiger partial charge in [-0.3, -0.25) is 9.59 Å². The lowest BCUT2D eigenvalue weighted by molar-refractivity contribution is -0.130. The maximum absolute atomic E-state index is 11.6. The van der Waals surface area contributed by atoms with Crippen LogP contribution in [0.3, 0.4) is 0 Å². The maximum atomic E-state index is 11.6. The molecule has 2 amide bonds. The van der Waals surface area contributed by atoms with Crippen LogP contribution in [0.25, 0.3) is 0 Å². The molecule has 0 saturated carbocycles. The van der Waals surface area contributed by atoms with Crippen LogP contribution in [-0.4, -0.2) is 34.8 Å². The number of aromatic nitrogens is 1. The number of carbonyl (C=O) groups is 2. The van der Waals surface area contributed by atoms with Crippen molar-refractivity contribution < 1.29 is 9.59 Å². The van der Waals surface area contributed by atoms with Crippen LogP contribution in [0.4, 0.5) is 0 Å². The molecule has 1 aromatic heterocycles. The van der Waals surface area contributed by atoms with Crippen LogP contribution in [0.1, 0.15) is 12.1 Å². The van der Waals surface area contributed by atoms with Gasteiger partial charge < -0.3 is 10.2 Å². The Hall–Kier alpha value is -1.43. The molecule has 0 unspecified atom stereocenters. The number of nitrogens with zero attached hydrogens (tertiary/aromatic N) is 2. The highest BCUT2D eigenvalue weighted by molar-refractivity contribution is 7.07. The Morgan fingerprint density at radius 2 is 2.40 bits per heavy atom. The second kappa shape index (κ2) is 4.39. The van der Waals surface area contributed by atoms with Crippen LogP contribution in [0.5, 0.6) is 0 Å². The first kappa shape index (κ1) is 10.1. The van der Waals surface area contributed by atoms with E-state index in [0.29, 0.717) is 19.5 Å². The third-order valence-corrected chi connectivity index (χ3v) is 2.87. The van der Waals surface area contributed by atoms with Crippen molar-refractivity contribution in [1.82, 2.24) is 15.2 Å². The Bertz CT molecular complexity index is 363. The molecule has 0 bridgehead atoms. The third kappa shape index (κ3) is 2.53. The van der Waals surface area contributed by atoms with Gasteiger partial charge in [0.1, 0.15) is 0 Å². The molecule has 1 fully saturated rings. The van der Waals surface area contributed by atoms with Gasteiger partial charge in [0.15, 0.2) is 0 Å². The highest BCUT2D eigenvalue weighted by atomic mass is 32.1. The van der Waals surface area contributed by atoms with Crippen LogP contribution < -0.4 is 5.32 Å². The minimum Gasteiger partial charge on any atom is -0.347 e. The first-order valence-electron chi connectivity index (χ1n) is 4.67. The highest BCUT2D eigenvalue weighted by Crippen LogP contribution is 2.07. The Morgan fingerprint density at radius 3 is 3.13 bits per heavy atom. The standard InChI is InChI=1S/C9H11N3O2S/c13-8-1-2-12(9(14)3-10-8)4-7-5-15-6-11-7/h5-6H,1-4H2,(H,10,13). The fourth-order valence-electron chi connectivity index (χ4n) is 1.41. The van der Waals surface area contributed by atoms with E-state index in [2.05, 4.69) is 10.3 Å². The van der Waals surface area contributed by atoms with E-state index >= 15 is 0 Å². The molecule has 6 heteroatoms. The lowest BCUT2D eigenvalue weighted by atomic mass is 10.3. The summed E-state index contributed by atoms with van der Waals surface area (Å²) in [4.78, 5) is 28.4. The quantitative estimate of drug-likeness (QED) is 0.770. The van der Waals surface area contributed by atoms with Gasteiger partial charge in [-0.2, -0.15) is 0 Å². The number of amides is 2. The summed E-state index contributed by atoms with van der Waals surface area (Å²) in [6, 6.07) is 0. The topological polar surface area (TPSA) is 62.3 Å². The van der Waals surface area contributed by atoms with Crippen molar-refractivity contribution in [2.45, 2.75) is 13.0 Å². The zero-order chi connectivity index (χ0) is 10.7. The fraction of sp³-hybridized carbons (Fsp3) is 0.444. The van der Waals surface area contributed by atoms with Gasteiger partial charge >= 0.3 is 0 Å². The largest absolute Gasteiger partial charge is 0.347 e. The smallest absolute Gasteiger partial charge is 0.242 e. The molecule has 1 saturated heterocycles. The Labute approximate surface area is 91.1 Å². The minimum absolute atomic E-state index is 0.0474. The monoisotopic (exact) mass is 225 g/mol. The molecular weight excluding hydrogens is 214 g/mol. The summed E-state index contributed by atoms with van der Waals surface area (Å²) in [5.41, 5.74) is 2.61. The van der Waals surface area contributed by atoms with Crippen molar-refractivity contribution in [3.05, 3.63) is 16.6 Å². The molecule has 1 aliphatic rings. The van der Waals surface area contributed by atoms with Gasteiger partial charge in [-0.25, -0.2) is 4.98 Å².